The van der Waals surface area contributed by atoms with Crippen molar-refractivity contribution < 1.29 is 4.79 Å². The SMILES string of the molecule is Cl.NCCCNC(=O)CSc1nc2ccccc2s1. The lowest BCUT2D eigenvalue weighted by Crippen LogP contribution is -2.27. The summed E-state index contributed by atoms with van der Waals surface area (Å²) in [4.78, 5) is 16.0. The van der Waals surface area contributed by atoms with E-state index in [1.165, 1.54) is 11.8 Å². The van der Waals surface area contributed by atoms with Crippen LogP contribution in [0.4, 0.5) is 0 Å². The number of rotatable bonds is 6. The molecule has 0 aliphatic heterocycles. The van der Waals surface area contributed by atoms with Gasteiger partial charge in [0.2, 0.25) is 5.91 Å². The number of halogens is 1. The van der Waals surface area contributed by atoms with Crippen LogP contribution in [0, 0.1) is 0 Å². The Morgan fingerprint density at radius 2 is 2.21 bits per heavy atom. The van der Waals surface area contributed by atoms with E-state index in [-0.39, 0.29) is 18.3 Å². The molecular weight excluding hydrogens is 302 g/mol. The van der Waals surface area contributed by atoms with Crippen molar-refractivity contribution in [2.24, 2.45) is 5.73 Å². The fourth-order valence-corrected chi connectivity index (χ4v) is 3.32. The number of thiazole rings is 1. The molecule has 0 radical (unpaired) electrons. The van der Waals surface area contributed by atoms with Gasteiger partial charge in [-0.05, 0) is 25.1 Å². The maximum absolute atomic E-state index is 11.5. The molecule has 0 unspecified atom stereocenters. The van der Waals surface area contributed by atoms with Crippen LogP contribution in [-0.4, -0.2) is 29.7 Å². The summed E-state index contributed by atoms with van der Waals surface area (Å²) < 4.78 is 2.09. The van der Waals surface area contributed by atoms with Crippen molar-refractivity contribution in [1.29, 1.82) is 0 Å². The molecule has 0 saturated carbocycles. The van der Waals surface area contributed by atoms with Crippen LogP contribution in [-0.2, 0) is 4.79 Å². The summed E-state index contributed by atoms with van der Waals surface area (Å²) in [5, 5.41) is 2.82. The van der Waals surface area contributed by atoms with Gasteiger partial charge in [0.15, 0.2) is 4.34 Å². The first-order chi connectivity index (χ1) is 8.79. The molecule has 104 valence electrons. The van der Waals surface area contributed by atoms with Crippen LogP contribution >= 0.6 is 35.5 Å². The first-order valence-corrected chi connectivity index (χ1v) is 7.55. The number of nitrogens with zero attached hydrogens (tertiary/aromatic N) is 1. The molecule has 1 aromatic carbocycles. The highest BCUT2D eigenvalue weighted by Crippen LogP contribution is 2.28. The van der Waals surface area contributed by atoms with Gasteiger partial charge in [-0.1, -0.05) is 23.9 Å². The van der Waals surface area contributed by atoms with Gasteiger partial charge in [0, 0.05) is 6.54 Å². The van der Waals surface area contributed by atoms with Gasteiger partial charge in [-0.3, -0.25) is 4.79 Å². The van der Waals surface area contributed by atoms with Crippen LogP contribution in [0.5, 0.6) is 0 Å². The normalized spacial score (nSPS) is 10.2. The summed E-state index contributed by atoms with van der Waals surface area (Å²) >= 11 is 3.10. The van der Waals surface area contributed by atoms with Gasteiger partial charge in [0.1, 0.15) is 0 Å². The highest BCUT2D eigenvalue weighted by atomic mass is 35.5. The number of nitrogens with two attached hydrogens (primary N) is 1. The number of carbonyl (C=O) groups is 1. The number of fused-ring (bicyclic) bond motifs is 1. The summed E-state index contributed by atoms with van der Waals surface area (Å²) in [6.07, 6.45) is 0.817. The van der Waals surface area contributed by atoms with Gasteiger partial charge < -0.3 is 11.1 Å². The van der Waals surface area contributed by atoms with Crippen LogP contribution in [0.25, 0.3) is 10.2 Å². The lowest BCUT2D eigenvalue weighted by molar-refractivity contribution is -0.118. The predicted molar refractivity (Wildman–Crippen MR) is 84.3 cm³/mol. The molecule has 7 heteroatoms. The van der Waals surface area contributed by atoms with Gasteiger partial charge in [-0.2, -0.15) is 0 Å². The number of amides is 1. The largest absolute Gasteiger partial charge is 0.355 e. The minimum absolute atomic E-state index is 0. The smallest absolute Gasteiger partial charge is 0.230 e. The van der Waals surface area contributed by atoms with Crippen molar-refractivity contribution >= 4 is 51.6 Å². The monoisotopic (exact) mass is 317 g/mol. The summed E-state index contributed by atoms with van der Waals surface area (Å²) in [7, 11) is 0. The van der Waals surface area contributed by atoms with E-state index in [0.29, 0.717) is 18.8 Å². The number of benzene rings is 1. The Morgan fingerprint density at radius 1 is 1.42 bits per heavy atom. The summed E-state index contributed by atoms with van der Waals surface area (Å²) in [6.45, 7) is 1.25. The zero-order valence-corrected chi connectivity index (χ0v) is 12.7. The second kappa shape index (κ2) is 8.37. The van der Waals surface area contributed by atoms with Crippen LogP contribution in [0.2, 0.25) is 0 Å². The van der Waals surface area contributed by atoms with Crippen molar-refractivity contribution in [1.82, 2.24) is 10.3 Å². The van der Waals surface area contributed by atoms with E-state index in [0.717, 1.165) is 21.0 Å². The zero-order valence-electron chi connectivity index (χ0n) is 10.3. The topological polar surface area (TPSA) is 68.0 Å². The number of hydrogen-bond donors (Lipinski definition) is 2. The average Bonchev–Trinajstić information content (AvgIpc) is 2.79. The fourth-order valence-electron chi connectivity index (χ4n) is 1.42. The predicted octanol–water partition coefficient (Wildman–Crippen LogP) is 2.28. The molecule has 1 aromatic heterocycles. The molecule has 3 N–H and O–H groups in total. The molecule has 0 spiro atoms. The lowest BCUT2D eigenvalue weighted by atomic mass is 10.3. The lowest BCUT2D eigenvalue weighted by Gasteiger charge is -2.02. The maximum Gasteiger partial charge on any atom is 0.230 e. The summed E-state index contributed by atoms with van der Waals surface area (Å²) in [5.74, 6) is 0.442. The van der Waals surface area contributed by atoms with Crippen molar-refractivity contribution in [2.75, 3.05) is 18.8 Å². The molecule has 4 nitrogen and oxygen atoms in total. The third-order valence-electron chi connectivity index (χ3n) is 2.30. The Balaban J connectivity index is 0.00000180. The van der Waals surface area contributed by atoms with Crippen LogP contribution < -0.4 is 11.1 Å². The Morgan fingerprint density at radius 3 is 2.95 bits per heavy atom. The van der Waals surface area contributed by atoms with Crippen molar-refractivity contribution in [2.45, 2.75) is 10.8 Å². The third kappa shape index (κ3) is 4.99. The molecule has 1 amide bonds. The first kappa shape index (κ1) is 16.2. The van der Waals surface area contributed by atoms with Crippen molar-refractivity contribution in [3.63, 3.8) is 0 Å². The van der Waals surface area contributed by atoms with E-state index >= 15 is 0 Å². The Kier molecular flexibility index (Phi) is 7.15. The number of aromatic nitrogens is 1. The minimum atomic E-state index is 0. The molecule has 2 aromatic rings. The van der Waals surface area contributed by atoms with Crippen LogP contribution in [0.3, 0.4) is 0 Å². The van der Waals surface area contributed by atoms with Gasteiger partial charge in [-0.25, -0.2) is 4.98 Å². The number of para-hydroxylation sites is 1. The molecule has 1 heterocycles. The van der Waals surface area contributed by atoms with Gasteiger partial charge in [0.05, 0.1) is 16.0 Å². The Labute approximate surface area is 126 Å². The van der Waals surface area contributed by atoms with E-state index in [1.807, 2.05) is 24.3 Å². The molecule has 19 heavy (non-hydrogen) atoms. The van der Waals surface area contributed by atoms with Gasteiger partial charge >= 0.3 is 0 Å². The molecule has 0 aliphatic carbocycles. The molecule has 0 saturated heterocycles. The second-order valence-electron chi connectivity index (χ2n) is 3.73. The second-order valence-corrected chi connectivity index (χ2v) is 5.98. The van der Waals surface area contributed by atoms with E-state index in [9.17, 15) is 4.79 Å². The quantitative estimate of drug-likeness (QED) is 0.633. The average molecular weight is 318 g/mol. The standard InChI is InChI=1S/C12H15N3OS2.ClH/c13-6-3-7-14-11(16)8-17-12-15-9-4-1-2-5-10(9)18-12;/h1-2,4-5H,3,6-8,13H2,(H,14,16);1H. The zero-order chi connectivity index (χ0) is 12.8. The maximum atomic E-state index is 11.5. The highest BCUT2D eigenvalue weighted by molar-refractivity contribution is 8.01. The van der Waals surface area contributed by atoms with E-state index in [4.69, 9.17) is 5.73 Å². The van der Waals surface area contributed by atoms with Crippen LogP contribution in [0.1, 0.15) is 6.42 Å². The summed E-state index contributed by atoms with van der Waals surface area (Å²) in [6, 6.07) is 7.99. The number of thioether (sulfide) groups is 1. The molecule has 0 fully saturated rings. The van der Waals surface area contributed by atoms with Gasteiger partial charge in [0.25, 0.3) is 0 Å². The molecule has 2 rings (SSSR count). The molecule has 0 bridgehead atoms. The highest BCUT2D eigenvalue weighted by Gasteiger charge is 2.06. The fraction of sp³-hybridized carbons (Fsp3) is 0.333. The minimum Gasteiger partial charge on any atom is -0.355 e. The molecule has 0 atom stereocenters. The van der Waals surface area contributed by atoms with E-state index in [2.05, 4.69) is 10.3 Å². The number of carbonyl (C=O) groups excluding carboxylic acids is 1. The first-order valence-electron chi connectivity index (χ1n) is 5.75. The molecule has 0 aliphatic rings. The third-order valence-corrected chi connectivity index (χ3v) is 4.48. The van der Waals surface area contributed by atoms with E-state index < -0.39 is 0 Å². The van der Waals surface area contributed by atoms with Crippen molar-refractivity contribution in [3.8, 4) is 0 Å². The van der Waals surface area contributed by atoms with Crippen molar-refractivity contribution in [3.05, 3.63) is 24.3 Å². The Bertz CT molecular complexity index is 499. The van der Waals surface area contributed by atoms with E-state index in [1.54, 1.807) is 11.3 Å². The van der Waals surface area contributed by atoms with Gasteiger partial charge in [-0.15, -0.1) is 23.7 Å². The number of hydrogen-bond acceptors (Lipinski definition) is 5. The van der Waals surface area contributed by atoms with Crippen LogP contribution in [0.15, 0.2) is 28.6 Å². The number of nitrogens with one attached hydrogen (secondary N) is 1. The summed E-state index contributed by atoms with van der Waals surface area (Å²) in [5.41, 5.74) is 6.35. The molecular formula is C12H16ClN3OS2. The Hall–Kier alpha value is -0.820.